The largest absolute Gasteiger partial charge is 0.491 e. The molecule has 0 aliphatic carbocycles. The van der Waals surface area contributed by atoms with Gasteiger partial charge in [-0.2, -0.15) is 0 Å². The van der Waals surface area contributed by atoms with Crippen LogP contribution in [0, 0.1) is 13.8 Å². The molecule has 0 saturated heterocycles. The van der Waals surface area contributed by atoms with E-state index in [2.05, 4.69) is 39.0 Å². The van der Waals surface area contributed by atoms with Crippen molar-refractivity contribution in [3.63, 3.8) is 0 Å². The lowest BCUT2D eigenvalue weighted by atomic mass is 10.0. The second-order valence-electron chi connectivity index (χ2n) is 7.22. The summed E-state index contributed by atoms with van der Waals surface area (Å²) >= 11 is 0. The third kappa shape index (κ3) is 4.23. The molecule has 0 unspecified atom stereocenters. The Morgan fingerprint density at radius 2 is 1.97 bits per heavy atom. The van der Waals surface area contributed by atoms with Crippen LogP contribution in [0.5, 0.6) is 5.75 Å². The number of rotatable bonds is 6. The highest BCUT2D eigenvalue weighted by atomic mass is 16.5. The number of benzene rings is 2. The lowest BCUT2D eigenvalue weighted by Crippen LogP contribution is -2.38. The van der Waals surface area contributed by atoms with Crippen LogP contribution in [-0.4, -0.2) is 33.9 Å². The first-order valence-electron chi connectivity index (χ1n) is 9.85. The van der Waals surface area contributed by atoms with Crippen LogP contribution < -0.4 is 15.4 Å². The van der Waals surface area contributed by atoms with Crippen LogP contribution >= 0.6 is 0 Å². The highest BCUT2D eigenvalue weighted by Gasteiger charge is 2.20. The van der Waals surface area contributed by atoms with Gasteiger partial charge in [-0.25, -0.2) is 4.79 Å². The molecule has 29 heavy (non-hydrogen) atoms. The van der Waals surface area contributed by atoms with Gasteiger partial charge >= 0.3 is 6.03 Å². The van der Waals surface area contributed by atoms with Gasteiger partial charge in [-0.1, -0.05) is 35.9 Å². The van der Waals surface area contributed by atoms with Crippen LogP contribution in [0.25, 0.3) is 5.69 Å². The summed E-state index contributed by atoms with van der Waals surface area (Å²) in [7, 11) is 0. The average molecular weight is 391 g/mol. The number of carbonyl (C=O) groups is 1. The van der Waals surface area contributed by atoms with Crippen molar-refractivity contribution < 1.29 is 9.53 Å². The predicted octanol–water partition coefficient (Wildman–Crippen LogP) is 2.86. The predicted molar refractivity (Wildman–Crippen MR) is 110 cm³/mol. The van der Waals surface area contributed by atoms with Gasteiger partial charge in [-0.3, -0.25) is 4.57 Å². The van der Waals surface area contributed by atoms with E-state index in [1.54, 1.807) is 0 Å². The van der Waals surface area contributed by atoms with Gasteiger partial charge in [0, 0.05) is 6.42 Å². The normalized spacial score (nSPS) is 12.1. The van der Waals surface area contributed by atoms with Crippen molar-refractivity contribution in [1.82, 2.24) is 25.4 Å². The van der Waals surface area contributed by atoms with Gasteiger partial charge in [-0.15, -0.1) is 10.2 Å². The fraction of sp³-hybridized carbons (Fsp3) is 0.318. The zero-order valence-corrected chi connectivity index (χ0v) is 16.7. The highest BCUT2D eigenvalue weighted by molar-refractivity contribution is 5.73. The third-order valence-electron chi connectivity index (χ3n) is 5.03. The maximum Gasteiger partial charge on any atom is 0.315 e. The summed E-state index contributed by atoms with van der Waals surface area (Å²) in [6.07, 6.45) is 1.81. The van der Waals surface area contributed by atoms with Gasteiger partial charge in [0.05, 0.1) is 18.8 Å². The quantitative estimate of drug-likeness (QED) is 0.633. The summed E-state index contributed by atoms with van der Waals surface area (Å²) in [5, 5.41) is 14.2. The number of ether oxygens (including phenoxy) is 1. The van der Waals surface area contributed by atoms with Crippen molar-refractivity contribution >= 4 is 6.03 Å². The fourth-order valence-electron chi connectivity index (χ4n) is 3.60. The van der Waals surface area contributed by atoms with Crippen LogP contribution in [0.15, 0.2) is 42.5 Å². The van der Waals surface area contributed by atoms with Crippen LogP contribution in [0.1, 0.15) is 28.3 Å². The molecule has 2 N–H and O–H groups in total. The zero-order chi connectivity index (χ0) is 20.2. The number of hydrogen-bond acceptors (Lipinski definition) is 4. The van der Waals surface area contributed by atoms with Gasteiger partial charge in [0.25, 0.3) is 0 Å². The molecular formula is C22H25N5O2. The van der Waals surface area contributed by atoms with Gasteiger partial charge in [0.1, 0.15) is 18.2 Å². The van der Waals surface area contributed by atoms with Gasteiger partial charge in [0.2, 0.25) is 0 Å². The second kappa shape index (κ2) is 8.34. The smallest absolute Gasteiger partial charge is 0.315 e. The van der Waals surface area contributed by atoms with Crippen molar-refractivity contribution in [1.29, 1.82) is 0 Å². The lowest BCUT2D eigenvalue weighted by Gasteiger charge is -2.19. The molecule has 0 radical (unpaired) electrons. The summed E-state index contributed by atoms with van der Waals surface area (Å²) in [5.41, 5.74) is 4.66. The molecule has 7 heteroatoms. The van der Waals surface area contributed by atoms with Crippen LogP contribution in [0.2, 0.25) is 0 Å². The van der Waals surface area contributed by atoms with Crippen molar-refractivity contribution in [2.24, 2.45) is 0 Å². The van der Waals surface area contributed by atoms with E-state index in [9.17, 15) is 4.79 Å². The van der Waals surface area contributed by atoms with Crippen molar-refractivity contribution in [3.05, 3.63) is 70.8 Å². The Morgan fingerprint density at radius 1 is 1.10 bits per heavy atom. The monoisotopic (exact) mass is 391 g/mol. The van der Waals surface area contributed by atoms with E-state index in [-0.39, 0.29) is 6.03 Å². The number of para-hydroxylation sites is 1. The summed E-state index contributed by atoms with van der Waals surface area (Å²) in [4.78, 5) is 12.1. The number of carbonyl (C=O) groups excluding carboxylic acids is 1. The minimum Gasteiger partial charge on any atom is -0.491 e. The number of aryl methyl sites for hydroxylation is 4. The van der Waals surface area contributed by atoms with E-state index in [1.165, 1.54) is 11.1 Å². The van der Waals surface area contributed by atoms with Gasteiger partial charge < -0.3 is 15.4 Å². The van der Waals surface area contributed by atoms with E-state index >= 15 is 0 Å². The summed E-state index contributed by atoms with van der Waals surface area (Å²) in [6, 6.07) is 14.0. The maximum absolute atomic E-state index is 12.1. The third-order valence-corrected chi connectivity index (χ3v) is 5.03. The van der Waals surface area contributed by atoms with E-state index in [0.29, 0.717) is 19.7 Å². The molecule has 7 nitrogen and oxygen atoms in total. The van der Waals surface area contributed by atoms with Gasteiger partial charge in [0.15, 0.2) is 5.82 Å². The van der Waals surface area contributed by atoms with Crippen molar-refractivity contribution in [3.8, 4) is 11.4 Å². The van der Waals surface area contributed by atoms with Gasteiger partial charge in [-0.05, 0) is 43.5 Å². The van der Waals surface area contributed by atoms with Crippen LogP contribution in [-0.2, 0) is 19.4 Å². The zero-order valence-electron chi connectivity index (χ0n) is 16.7. The molecule has 2 aromatic carbocycles. The molecule has 2 amide bonds. The minimum absolute atomic E-state index is 0.254. The Balaban J connectivity index is 1.27. The van der Waals surface area contributed by atoms with Crippen molar-refractivity contribution in [2.75, 3.05) is 13.2 Å². The first-order chi connectivity index (χ1) is 14.1. The molecule has 4 rings (SSSR count). The molecule has 1 aromatic heterocycles. The topological polar surface area (TPSA) is 81.1 Å². The molecule has 0 atom stereocenters. The lowest BCUT2D eigenvalue weighted by molar-refractivity contribution is 0.235. The molecule has 0 bridgehead atoms. The standard InChI is InChI=1S/C22H25N5O2/c1-15-7-9-19(16(2)13-15)29-12-11-23-22(28)24-14-21-26-25-20-10-8-17-5-3-4-6-18(17)27(20)21/h3-7,9,13H,8,10-12,14H2,1-2H3,(H2,23,24,28). The molecular weight excluding hydrogens is 366 g/mol. The number of fused-ring (bicyclic) bond motifs is 3. The molecule has 1 aliphatic heterocycles. The van der Waals surface area contributed by atoms with E-state index < -0.39 is 0 Å². The second-order valence-corrected chi connectivity index (χ2v) is 7.22. The summed E-state index contributed by atoms with van der Waals surface area (Å²) in [6.45, 7) is 5.20. The molecule has 1 aliphatic rings. The summed E-state index contributed by atoms with van der Waals surface area (Å²) in [5.74, 6) is 2.50. The fourth-order valence-corrected chi connectivity index (χ4v) is 3.60. The number of hydrogen-bond donors (Lipinski definition) is 2. The first kappa shape index (κ1) is 19.0. The minimum atomic E-state index is -0.254. The van der Waals surface area contributed by atoms with E-state index in [4.69, 9.17) is 4.74 Å². The Bertz CT molecular complexity index is 1030. The molecule has 0 saturated carbocycles. The molecule has 3 aromatic rings. The number of nitrogens with one attached hydrogen (secondary N) is 2. The average Bonchev–Trinajstić information content (AvgIpc) is 3.14. The molecule has 150 valence electrons. The van der Waals surface area contributed by atoms with Crippen LogP contribution in [0.3, 0.4) is 0 Å². The molecule has 0 fully saturated rings. The maximum atomic E-state index is 12.1. The highest BCUT2D eigenvalue weighted by Crippen LogP contribution is 2.24. The molecule has 2 heterocycles. The first-order valence-corrected chi connectivity index (χ1v) is 9.85. The number of nitrogens with zero attached hydrogens (tertiary/aromatic N) is 3. The van der Waals surface area contributed by atoms with Crippen LogP contribution in [0.4, 0.5) is 4.79 Å². The SMILES string of the molecule is Cc1ccc(OCCNC(=O)NCc2nnc3n2-c2ccccc2CC3)c(C)c1. The van der Waals surface area contributed by atoms with Crippen molar-refractivity contribution in [2.45, 2.75) is 33.2 Å². The van der Waals surface area contributed by atoms with E-state index in [1.807, 2.05) is 42.7 Å². The van der Waals surface area contributed by atoms with E-state index in [0.717, 1.165) is 41.5 Å². The Morgan fingerprint density at radius 3 is 2.83 bits per heavy atom. The number of urea groups is 1. The molecule has 0 spiro atoms. The Hall–Kier alpha value is -3.35. The Labute approximate surface area is 170 Å². The summed E-state index contributed by atoms with van der Waals surface area (Å²) < 4.78 is 7.78. The number of aromatic nitrogens is 3. The number of amides is 2. The Kier molecular flexibility index (Phi) is 5.46.